The number of methoxy groups -OCH3 is 1. The highest BCUT2D eigenvalue weighted by Crippen LogP contribution is 2.25. The summed E-state index contributed by atoms with van der Waals surface area (Å²) in [5, 5.41) is 7.35. The van der Waals surface area contributed by atoms with Crippen LogP contribution >= 0.6 is 32.4 Å². The Labute approximate surface area is 116 Å². The van der Waals surface area contributed by atoms with E-state index in [4.69, 9.17) is 5.41 Å². The van der Waals surface area contributed by atoms with Crippen molar-refractivity contribution in [1.29, 1.82) is 5.41 Å². The van der Waals surface area contributed by atoms with Crippen LogP contribution in [0.1, 0.15) is 15.9 Å². The minimum Gasteiger partial charge on any atom is -0.465 e. The van der Waals surface area contributed by atoms with Gasteiger partial charge >= 0.3 is 5.97 Å². The summed E-state index contributed by atoms with van der Waals surface area (Å²) in [6, 6.07) is 7.31. The molecule has 2 aromatic rings. The molecule has 0 amide bonds. The summed E-state index contributed by atoms with van der Waals surface area (Å²) in [7, 11) is 4.25. The van der Waals surface area contributed by atoms with Gasteiger partial charge in [0.2, 0.25) is 4.80 Å². The summed E-state index contributed by atoms with van der Waals surface area (Å²) in [5.74, 6) is 0.455. The fraction of sp³-hybridized carbons (Fsp3) is 0.182. The molecule has 0 atom stereocenters. The second-order valence-electron chi connectivity index (χ2n) is 3.33. The van der Waals surface area contributed by atoms with Gasteiger partial charge in [-0.3, -0.25) is 5.41 Å². The van der Waals surface area contributed by atoms with E-state index in [1.54, 1.807) is 23.9 Å². The van der Waals surface area contributed by atoms with E-state index in [1.165, 1.54) is 27.8 Å². The molecule has 18 heavy (non-hydrogen) atoms. The molecule has 0 unspecified atom stereocenters. The molecule has 0 aliphatic carbocycles. The van der Waals surface area contributed by atoms with Crippen LogP contribution < -0.4 is 4.80 Å². The number of hydrogen-bond donors (Lipinski definition) is 1. The zero-order valence-corrected chi connectivity index (χ0v) is 12.0. The lowest BCUT2D eigenvalue weighted by Gasteiger charge is -2.01. The smallest absolute Gasteiger partial charge is 0.337 e. The Morgan fingerprint density at radius 1 is 1.39 bits per heavy atom. The maximum absolute atomic E-state index is 11.3. The molecule has 0 spiro atoms. The van der Waals surface area contributed by atoms with Crippen molar-refractivity contribution in [3.8, 4) is 0 Å². The lowest BCUT2D eigenvalue weighted by atomic mass is 10.1. The van der Waals surface area contributed by atoms with E-state index in [9.17, 15) is 4.79 Å². The van der Waals surface area contributed by atoms with Gasteiger partial charge in [0.25, 0.3) is 0 Å². The quantitative estimate of drug-likeness (QED) is 0.535. The first-order chi connectivity index (χ1) is 8.69. The number of carbonyl (C=O) groups is 1. The molecule has 94 valence electrons. The fourth-order valence-corrected chi connectivity index (χ4v) is 4.20. The fourth-order valence-electron chi connectivity index (χ4n) is 1.25. The van der Waals surface area contributed by atoms with Gasteiger partial charge in [0.1, 0.15) is 0 Å². The molecular formula is C11H10N2O2S3. The van der Waals surface area contributed by atoms with Crippen LogP contribution in [0, 0.1) is 5.41 Å². The van der Waals surface area contributed by atoms with Crippen molar-refractivity contribution in [1.82, 2.24) is 4.98 Å². The van der Waals surface area contributed by atoms with Crippen LogP contribution in [0.3, 0.4) is 0 Å². The minimum absolute atomic E-state index is 0.324. The summed E-state index contributed by atoms with van der Waals surface area (Å²) in [5.41, 5.74) is 1.66. The van der Waals surface area contributed by atoms with Gasteiger partial charge in [0.15, 0.2) is 4.34 Å². The third-order valence-electron chi connectivity index (χ3n) is 2.12. The van der Waals surface area contributed by atoms with Crippen molar-refractivity contribution >= 4 is 38.4 Å². The van der Waals surface area contributed by atoms with Crippen molar-refractivity contribution in [3.05, 3.63) is 40.2 Å². The van der Waals surface area contributed by atoms with E-state index in [0.29, 0.717) is 10.4 Å². The van der Waals surface area contributed by atoms with Crippen molar-refractivity contribution in [2.75, 3.05) is 7.11 Å². The van der Waals surface area contributed by atoms with E-state index >= 15 is 0 Å². The first kappa shape index (κ1) is 13.3. The lowest BCUT2D eigenvalue weighted by molar-refractivity contribution is 0.0600. The molecule has 1 aromatic heterocycles. The largest absolute Gasteiger partial charge is 0.465 e. The predicted molar refractivity (Wildman–Crippen MR) is 73.2 cm³/mol. The van der Waals surface area contributed by atoms with Crippen molar-refractivity contribution in [2.45, 2.75) is 10.1 Å². The highest BCUT2D eigenvalue weighted by atomic mass is 32.9. The summed E-state index contributed by atoms with van der Waals surface area (Å²) >= 11 is 1.60. The van der Waals surface area contributed by atoms with Gasteiger partial charge in [-0.2, -0.15) is 0 Å². The molecule has 0 aliphatic rings. The molecule has 0 fully saturated rings. The van der Waals surface area contributed by atoms with E-state index in [-0.39, 0.29) is 5.97 Å². The molecule has 0 aliphatic heterocycles. The number of benzene rings is 1. The number of hydrogen-bond acceptors (Lipinski definition) is 7. The van der Waals surface area contributed by atoms with Crippen molar-refractivity contribution in [3.63, 3.8) is 0 Å². The van der Waals surface area contributed by atoms with E-state index in [1.807, 2.05) is 12.1 Å². The average Bonchev–Trinajstić information content (AvgIpc) is 2.82. The summed E-state index contributed by atoms with van der Waals surface area (Å²) in [6.07, 6.45) is 0. The highest BCUT2D eigenvalue weighted by Gasteiger charge is 2.05. The van der Waals surface area contributed by atoms with Crippen molar-refractivity contribution < 1.29 is 9.53 Å². The molecule has 7 heteroatoms. The van der Waals surface area contributed by atoms with Gasteiger partial charge in [-0.25, -0.2) is 9.78 Å². The Morgan fingerprint density at radius 3 is 2.67 bits per heavy atom. The first-order valence-corrected chi connectivity index (χ1v) is 8.14. The van der Waals surface area contributed by atoms with Crippen LogP contribution in [0.25, 0.3) is 0 Å². The van der Waals surface area contributed by atoms with Gasteiger partial charge < -0.3 is 4.74 Å². The number of ether oxygens (including phenoxy) is 1. The summed E-state index contributed by atoms with van der Waals surface area (Å²) < 4.78 is 5.54. The second kappa shape index (κ2) is 6.12. The van der Waals surface area contributed by atoms with Crippen LogP contribution in [0.5, 0.6) is 0 Å². The van der Waals surface area contributed by atoms with Gasteiger partial charge in [0, 0.05) is 5.75 Å². The maximum Gasteiger partial charge on any atom is 0.337 e. The van der Waals surface area contributed by atoms with E-state index < -0.39 is 0 Å². The van der Waals surface area contributed by atoms with Crippen LogP contribution in [-0.4, -0.2) is 18.1 Å². The standard InChI is InChI=1S/C11H10N2O2S3/c1-15-9(14)8-4-2-7(3-5-8)6-16-11-13-10(12)17-18-11/h2-5,12H,6H2,1H3. The van der Waals surface area contributed by atoms with Crippen LogP contribution in [0.4, 0.5) is 0 Å². The third kappa shape index (κ3) is 3.41. The van der Waals surface area contributed by atoms with Crippen LogP contribution in [0.15, 0.2) is 28.6 Å². The number of esters is 1. The number of carbonyl (C=O) groups excluding carboxylic acids is 1. The molecule has 2 rings (SSSR count). The number of rotatable bonds is 4. The third-order valence-corrected chi connectivity index (χ3v) is 5.62. The topological polar surface area (TPSA) is 63.0 Å². The van der Waals surface area contributed by atoms with Crippen LogP contribution in [0.2, 0.25) is 0 Å². The molecule has 1 N–H and O–H groups in total. The molecular weight excluding hydrogens is 288 g/mol. The Kier molecular flexibility index (Phi) is 4.51. The summed E-state index contributed by atoms with van der Waals surface area (Å²) in [6.45, 7) is 0. The maximum atomic E-state index is 11.3. The normalized spacial score (nSPS) is 10.3. The molecule has 1 aromatic carbocycles. The van der Waals surface area contributed by atoms with Crippen LogP contribution in [-0.2, 0) is 10.5 Å². The number of thioether (sulfide) groups is 1. The highest BCUT2D eigenvalue weighted by molar-refractivity contribution is 8.01. The Bertz CT molecular complexity index is 589. The Balaban J connectivity index is 1.98. The lowest BCUT2D eigenvalue weighted by Crippen LogP contribution is -2.00. The van der Waals surface area contributed by atoms with Gasteiger partial charge in [-0.05, 0) is 38.4 Å². The zero-order valence-electron chi connectivity index (χ0n) is 9.50. The zero-order chi connectivity index (χ0) is 13.0. The Morgan fingerprint density at radius 2 is 2.11 bits per heavy atom. The molecule has 0 saturated carbocycles. The summed E-state index contributed by atoms with van der Waals surface area (Å²) in [4.78, 5) is 15.7. The molecule has 0 bridgehead atoms. The van der Waals surface area contributed by atoms with E-state index in [0.717, 1.165) is 15.7 Å². The number of nitrogens with one attached hydrogen (secondary N) is 1. The first-order valence-electron chi connectivity index (χ1n) is 5.01. The molecule has 0 saturated heterocycles. The van der Waals surface area contributed by atoms with E-state index in [2.05, 4.69) is 9.72 Å². The molecule has 1 heterocycles. The monoisotopic (exact) mass is 298 g/mol. The van der Waals surface area contributed by atoms with Gasteiger partial charge in [-0.1, -0.05) is 23.9 Å². The SMILES string of the molecule is COC(=O)c1ccc(CSc2nc(=N)ss2)cc1. The Hall–Kier alpha value is -1.18. The van der Waals surface area contributed by atoms with Gasteiger partial charge in [0.05, 0.1) is 12.7 Å². The minimum atomic E-state index is -0.324. The molecule has 4 nitrogen and oxygen atoms in total. The number of nitrogens with zero attached hydrogens (tertiary/aromatic N) is 1. The van der Waals surface area contributed by atoms with Gasteiger partial charge in [-0.15, -0.1) is 0 Å². The van der Waals surface area contributed by atoms with Crippen molar-refractivity contribution in [2.24, 2.45) is 0 Å². The second-order valence-corrected chi connectivity index (χ2v) is 6.66. The molecule has 0 radical (unpaired) electrons. The predicted octanol–water partition coefficient (Wildman–Crippen LogP) is 2.76. The number of aromatic nitrogens is 1. The average molecular weight is 298 g/mol.